The highest BCUT2D eigenvalue weighted by Crippen LogP contribution is 2.19. The number of hydrogen-bond donors (Lipinski definition) is 0. The predicted octanol–water partition coefficient (Wildman–Crippen LogP) is 4.18. The van der Waals surface area contributed by atoms with Gasteiger partial charge in [0.25, 0.3) is 5.91 Å². The molecule has 2 heterocycles. The highest BCUT2D eigenvalue weighted by molar-refractivity contribution is 6.31. The van der Waals surface area contributed by atoms with Crippen LogP contribution in [0.3, 0.4) is 0 Å². The molecule has 3 aromatic rings. The van der Waals surface area contributed by atoms with Gasteiger partial charge in [-0.1, -0.05) is 41.4 Å². The van der Waals surface area contributed by atoms with Crippen molar-refractivity contribution in [3.05, 3.63) is 82.1 Å². The second-order valence-corrected chi connectivity index (χ2v) is 7.97. The van der Waals surface area contributed by atoms with Crippen molar-refractivity contribution >= 4 is 29.1 Å². The van der Waals surface area contributed by atoms with Crippen LogP contribution < -0.4 is 4.74 Å². The summed E-state index contributed by atoms with van der Waals surface area (Å²) >= 11 is 12.1. The molecule has 1 aliphatic heterocycles. The summed E-state index contributed by atoms with van der Waals surface area (Å²) in [7, 11) is 0. The van der Waals surface area contributed by atoms with Crippen LogP contribution in [0.5, 0.6) is 5.75 Å². The van der Waals surface area contributed by atoms with Gasteiger partial charge in [0.1, 0.15) is 5.75 Å². The second-order valence-electron chi connectivity index (χ2n) is 7.13. The number of piperazine rings is 1. The number of rotatable bonds is 6. The number of carbonyl (C=O) groups excluding carboxylic acids is 1. The summed E-state index contributed by atoms with van der Waals surface area (Å²) < 4.78 is 7.27. The first-order valence-electron chi connectivity index (χ1n) is 9.75. The molecule has 0 atom stereocenters. The zero-order valence-electron chi connectivity index (χ0n) is 16.4. The Morgan fingerprint density at radius 3 is 2.43 bits per heavy atom. The predicted molar refractivity (Wildman–Crippen MR) is 117 cm³/mol. The maximum atomic E-state index is 12.8. The zero-order valence-corrected chi connectivity index (χ0v) is 17.9. The van der Waals surface area contributed by atoms with Crippen molar-refractivity contribution in [3.63, 3.8) is 0 Å². The van der Waals surface area contributed by atoms with Crippen molar-refractivity contribution in [1.82, 2.24) is 19.6 Å². The summed E-state index contributed by atoms with van der Waals surface area (Å²) in [4.78, 5) is 17.0. The molecule has 1 fully saturated rings. The molecule has 0 unspecified atom stereocenters. The number of nitrogens with zero attached hydrogens (tertiary/aromatic N) is 4. The van der Waals surface area contributed by atoms with E-state index in [1.165, 1.54) is 0 Å². The number of ether oxygens (including phenoxy) is 1. The van der Waals surface area contributed by atoms with E-state index >= 15 is 0 Å². The van der Waals surface area contributed by atoms with Crippen molar-refractivity contribution in [3.8, 4) is 5.75 Å². The van der Waals surface area contributed by atoms with E-state index in [-0.39, 0.29) is 12.6 Å². The van der Waals surface area contributed by atoms with E-state index in [4.69, 9.17) is 27.9 Å². The molecule has 1 aromatic heterocycles. The maximum absolute atomic E-state index is 12.8. The molecule has 6 nitrogen and oxygen atoms in total. The molecular weight excluding hydrogens is 423 g/mol. The average Bonchev–Trinajstić information content (AvgIpc) is 3.24. The molecule has 0 radical (unpaired) electrons. The molecule has 0 N–H and O–H groups in total. The van der Waals surface area contributed by atoms with E-state index in [0.717, 1.165) is 30.2 Å². The van der Waals surface area contributed by atoms with Gasteiger partial charge in [-0.05, 0) is 42.0 Å². The third-order valence-corrected chi connectivity index (χ3v) is 5.67. The van der Waals surface area contributed by atoms with Crippen LogP contribution in [0.1, 0.15) is 16.1 Å². The SMILES string of the molecule is O=C(c1ccn(COc2ccc(Cl)cc2)n1)N1CCN(Cc2ccccc2Cl)CC1. The van der Waals surface area contributed by atoms with Crippen LogP contribution in [0.2, 0.25) is 10.0 Å². The van der Waals surface area contributed by atoms with Gasteiger partial charge < -0.3 is 9.64 Å². The lowest BCUT2D eigenvalue weighted by molar-refractivity contribution is 0.0621. The molecule has 30 heavy (non-hydrogen) atoms. The fourth-order valence-corrected chi connectivity index (χ4v) is 3.68. The van der Waals surface area contributed by atoms with Crippen LogP contribution in [0.15, 0.2) is 60.8 Å². The number of aromatic nitrogens is 2. The fraction of sp³-hybridized carbons (Fsp3) is 0.273. The molecule has 2 aromatic carbocycles. The lowest BCUT2D eigenvalue weighted by atomic mass is 10.2. The normalized spacial score (nSPS) is 14.7. The van der Waals surface area contributed by atoms with Crippen molar-refractivity contribution in [1.29, 1.82) is 0 Å². The number of halogens is 2. The summed E-state index contributed by atoms with van der Waals surface area (Å²) in [5.41, 5.74) is 1.53. The number of amides is 1. The second kappa shape index (κ2) is 9.51. The van der Waals surface area contributed by atoms with Crippen LogP contribution >= 0.6 is 23.2 Å². The summed E-state index contributed by atoms with van der Waals surface area (Å²) in [6.07, 6.45) is 1.75. The van der Waals surface area contributed by atoms with E-state index < -0.39 is 0 Å². The van der Waals surface area contributed by atoms with E-state index in [2.05, 4.69) is 10.00 Å². The molecule has 0 saturated carbocycles. The first-order chi connectivity index (χ1) is 14.6. The summed E-state index contributed by atoms with van der Waals surface area (Å²) in [6.45, 7) is 3.95. The minimum absolute atomic E-state index is 0.0577. The Hall–Kier alpha value is -2.54. The Balaban J connectivity index is 1.28. The van der Waals surface area contributed by atoms with Crippen LogP contribution in [-0.4, -0.2) is 51.7 Å². The Labute approximate surface area is 185 Å². The molecular formula is C22H22Cl2N4O2. The van der Waals surface area contributed by atoms with Gasteiger partial charge >= 0.3 is 0 Å². The lowest BCUT2D eigenvalue weighted by Gasteiger charge is -2.34. The van der Waals surface area contributed by atoms with E-state index in [1.54, 1.807) is 41.2 Å². The third kappa shape index (κ3) is 5.14. The Bertz CT molecular complexity index is 998. The largest absolute Gasteiger partial charge is 0.471 e. The van der Waals surface area contributed by atoms with Gasteiger partial charge in [-0.3, -0.25) is 9.69 Å². The Morgan fingerprint density at radius 2 is 1.70 bits per heavy atom. The molecule has 1 saturated heterocycles. The van der Waals surface area contributed by atoms with E-state index in [9.17, 15) is 4.79 Å². The smallest absolute Gasteiger partial charge is 0.274 e. The highest BCUT2D eigenvalue weighted by atomic mass is 35.5. The maximum Gasteiger partial charge on any atom is 0.274 e. The lowest BCUT2D eigenvalue weighted by Crippen LogP contribution is -2.48. The summed E-state index contributed by atoms with van der Waals surface area (Å²) in [5.74, 6) is 0.634. The van der Waals surface area contributed by atoms with Gasteiger partial charge in [0.15, 0.2) is 12.4 Å². The van der Waals surface area contributed by atoms with Gasteiger partial charge in [0, 0.05) is 49.0 Å². The first kappa shape index (κ1) is 20.7. The first-order valence-corrected chi connectivity index (χ1v) is 10.5. The van der Waals surface area contributed by atoms with Crippen LogP contribution in [0.25, 0.3) is 0 Å². The molecule has 0 aliphatic carbocycles. The number of hydrogen-bond acceptors (Lipinski definition) is 4. The molecule has 0 spiro atoms. The minimum atomic E-state index is -0.0577. The molecule has 4 rings (SSSR count). The molecule has 1 aliphatic rings. The van der Waals surface area contributed by atoms with Crippen LogP contribution in [0.4, 0.5) is 0 Å². The summed E-state index contributed by atoms with van der Waals surface area (Å²) in [6, 6.07) is 16.7. The molecule has 1 amide bonds. The molecule has 8 heteroatoms. The van der Waals surface area contributed by atoms with E-state index in [0.29, 0.717) is 29.6 Å². The van der Waals surface area contributed by atoms with Crippen molar-refractivity contribution in [2.75, 3.05) is 26.2 Å². The van der Waals surface area contributed by atoms with Gasteiger partial charge in [0.05, 0.1) is 0 Å². The number of benzene rings is 2. The average molecular weight is 445 g/mol. The van der Waals surface area contributed by atoms with Crippen LogP contribution in [0, 0.1) is 0 Å². The zero-order chi connectivity index (χ0) is 20.9. The molecule has 0 bridgehead atoms. The topological polar surface area (TPSA) is 50.6 Å². The van der Waals surface area contributed by atoms with Gasteiger partial charge in [-0.25, -0.2) is 4.68 Å². The highest BCUT2D eigenvalue weighted by Gasteiger charge is 2.24. The molecule has 156 valence electrons. The van der Waals surface area contributed by atoms with Gasteiger partial charge in [-0.2, -0.15) is 5.10 Å². The minimum Gasteiger partial charge on any atom is -0.471 e. The standard InChI is InChI=1S/C22H22Cl2N4O2/c23-18-5-7-19(8-6-18)30-16-28-10-9-21(25-28)22(29)27-13-11-26(12-14-27)15-17-3-1-2-4-20(17)24/h1-10H,11-16H2. The van der Waals surface area contributed by atoms with Crippen molar-refractivity contribution in [2.45, 2.75) is 13.3 Å². The van der Waals surface area contributed by atoms with Crippen LogP contribution in [-0.2, 0) is 13.3 Å². The monoisotopic (exact) mass is 444 g/mol. The third-order valence-electron chi connectivity index (χ3n) is 5.05. The van der Waals surface area contributed by atoms with Gasteiger partial charge in [-0.15, -0.1) is 0 Å². The Kier molecular flexibility index (Phi) is 6.57. The van der Waals surface area contributed by atoms with Gasteiger partial charge in [0.2, 0.25) is 0 Å². The van der Waals surface area contributed by atoms with E-state index in [1.807, 2.05) is 29.2 Å². The quantitative estimate of drug-likeness (QED) is 0.571. The van der Waals surface area contributed by atoms with Crippen molar-refractivity contribution in [2.24, 2.45) is 0 Å². The van der Waals surface area contributed by atoms with Crippen molar-refractivity contribution < 1.29 is 9.53 Å². The Morgan fingerprint density at radius 1 is 0.967 bits per heavy atom. The number of carbonyl (C=O) groups is 1. The fourth-order valence-electron chi connectivity index (χ4n) is 3.36. The summed E-state index contributed by atoms with van der Waals surface area (Å²) in [5, 5.41) is 5.79.